The molecule has 5 heteroatoms. The fourth-order valence-corrected chi connectivity index (χ4v) is 0.501. The summed E-state index contributed by atoms with van der Waals surface area (Å²) in [5, 5.41) is 9.54. The first kappa shape index (κ1) is 6.06. The van der Waals surface area contributed by atoms with E-state index in [2.05, 4.69) is 4.99 Å². The van der Waals surface area contributed by atoms with Crippen LogP contribution in [0.15, 0.2) is 17.3 Å². The Kier molecular flexibility index (Phi) is 1.37. The maximum atomic E-state index is 8.85. The van der Waals surface area contributed by atoms with Gasteiger partial charge in [-0.1, -0.05) is 0 Å². The summed E-state index contributed by atoms with van der Waals surface area (Å²) in [5.41, 5.74) is 10.5. The average Bonchev–Trinajstić information content (AvgIpc) is 1.83. The molecule has 1 aliphatic rings. The highest BCUT2D eigenvalue weighted by atomic mass is 16.5. The lowest BCUT2D eigenvalue weighted by molar-refractivity contribution is -0.0397. The molecule has 5 N–H and O–H groups in total. The molecule has 1 rings (SSSR count). The molecule has 0 spiro atoms. The van der Waals surface area contributed by atoms with E-state index in [4.69, 9.17) is 16.7 Å². The molecule has 0 bridgehead atoms. The van der Waals surface area contributed by atoms with Crippen molar-refractivity contribution in [3.63, 3.8) is 0 Å². The van der Waals surface area contributed by atoms with E-state index >= 15 is 0 Å². The van der Waals surface area contributed by atoms with Crippen molar-refractivity contribution in [1.82, 2.24) is 5.06 Å². The third kappa shape index (κ3) is 1.01. The molecule has 0 aliphatic carbocycles. The lowest BCUT2D eigenvalue weighted by atomic mass is 10.4. The molecule has 5 nitrogen and oxygen atoms in total. The van der Waals surface area contributed by atoms with Crippen LogP contribution in [0, 0.1) is 0 Å². The van der Waals surface area contributed by atoms with E-state index < -0.39 is 6.17 Å². The molecule has 50 valence electrons. The third-order valence-corrected chi connectivity index (χ3v) is 1.01. The minimum atomic E-state index is -0.567. The highest BCUT2D eigenvalue weighted by Gasteiger charge is 2.12. The minimum Gasteiger partial charge on any atom is -0.368 e. The zero-order valence-corrected chi connectivity index (χ0v) is 4.73. The van der Waals surface area contributed by atoms with Crippen LogP contribution in [-0.2, 0) is 0 Å². The van der Waals surface area contributed by atoms with Crippen LogP contribution >= 0.6 is 0 Å². The summed E-state index contributed by atoms with van der Waals surface area (Å²) >= 11 is 0. The second-order valence-corrected chi connectivity index (χ2v) is 1.66. The fourth-order valence-electron chi connectivity index (χ4n) is 0.501. The third-order valence-electron chi connectivity index (χ3n) is 1.01. The Morgan fingerprint density at radius 2 is 2.44 bits per heavy atom. The highest BCUT2D eigenvalue weighted by molar-refractivity contribution is 5.78. The molecule has 0 radical (unpaired) electrons. The Morgan fingerprint density at radius 1 is 1.78 bits per heavy atom. The van der Waals surface area contributed by atoms with Gasteiger partial charge in [0, 0.05) is 6.20 Å². The number of aliphatic imine (C=N–C) groups is 1. The molecular formula is C4H8N4O. The van der Waals surface area contributed by atoms with Gasteiger partial charge >= 0.3 is 0 Å². The van der Waals surface area contributed by atoms with Gasteiger partial charge in [-0.15, -0.1) is 0 Å². The first-order valence-electron chi connectivity index (χ1n) is 2.45. The maximum absolute atomic E-state index is 8.85. The van der Waals surface area contributed by atoms with Crippen LogP contribution in [0.1, 0.15) is 0 Å². The maximum Gasteiger partial charge on any atom is 0.222 e. The SMILES string of the molecule is NC1=NC=CC(N)N1O. The molecule has 0 aromatic heterocycles. The van der Waals surface area contributed by atoms with Crippen molar-refractivity contribution in [3.8, 4) is 0 Å². The van der Waals surface area contributed by atoms with Crippen LogP contribution in [0.25, 0.3) is 0 Å². The lowest BCUT2D eigenvalue weighted by Gasteiger charge is -2.21. The lowest BCUT2D eigenvalue weighted by Crippen LogP contribution is -2.47. The Hall–Kier alpha value is -1.07. The van der Waals surface area contributed by atoms with Gasteiger partial charge in [-0.3, -0.25) is 5.21 Å². The Balaban J connectivity index is 2.73. The van der Waals surface area contributed by atoms with Crippen LogP contribution in [0.3, 0.4) is 0 Å². The normalized spacial score (nSPS) is 26.2. The van der Waals surface area contributed by atoms with Crippen LogP contribution in [0.5, 0.6) is 0 Å². The van der Waals surface area contributed by atoms with Gasteiger partial charge < -0.3 is 11.5 Å². The zero-order chi connectivity index (χ0) is 6.85. The number of nitrogens with zero attached hydrogens (tertiary/aromatic N) is 2. The standard InChI is InChI=1S/C4H8N4O/c5-3-1-2-7-4(6)8(3)9/h1-3,9H,5H2,(H2,6,7). The number of hydrogen-bond donors (Lipinski definition) is 3. The first-order chi connectivity index (χ1) is 4.22. The summed E-state index contributed by atoms with van der Waals surface area (Å²) in [6.45, 7) is 0. The first-order valence-corrected chi connectivity index (χ1v) is 2.45. The Labute approximate surface area is 52.2 Å². The summed E-state index contributed by atoms with van der Waals surface area (Å²) in [6, 6.07) is 0. The summed E-state index contributed by atoms with van der Waals surface area (Å²) in [6.07, 6.45) is 2.41. The van der Waals surface area contributed by atoms with Gasteiger partial charge in [0.15, 0.2) is 0 Å². The van der Waals surface area contributed by atoms with E-state index in [-0.39, 0.29) is 5.96 Å². The summed E-state index contributed by atoms with van der Waals surface area (Å²) < 4.78 is 0. The molecule has 0 saturated carbocycles. The van der Waals surface area contributed by atoms with Gasteiger partial charge in [-0.2, -0.15) is 0 Å². The smallest absolute Gasteiger partial charge is 0.222 e. The van der Waals surface area contributed by atoms with E-state index in [9.17, 15) is 0 Å². The Bertz CT molecular complexity index is 164. The number of hydrogen-bond acceptors (Lipinski definition) is 5. The summed E-state index contributed by atoms with van der Waals surface area (Å²) in [4.78, 5) is 3.57. The van der Waals surface area contributed by atoms with E-state index in [1.165, 1.54) is 12.3 Å². The predicted molar refractivity (Wildman–Crippen MR) is 32.4 cm³/mol. The molecule has 0 aromatic carbocycles. The average molecular weight is 128 g/mol. The molecule has 1 aliphatic heterocycles. The van der Waals surface area contributed by atoms with Gasteiger partial charge in [0.1, 0.15) is 6.17 Å². The molecule has 0 aromatic rings. The number of nitrogens with two attached hydrogens (primary N) is 2. The van der Waals surface area contributed by atoms with Crippen molar-refractivity contribution in [2.75, 3.05) is 0 Å². The van der Waals surface area contributed by atoms with Crippen molar-refractivity contribution in [2.45, 2.75) is 6.17 Å². The second-order valence-electron chi connectivity index (χ2n) is 1.66. The predicted octanol–water partition coefficient (Wildman–Crippen LogP) is -1.20. The topological polar surface area (TPSA) is 87.9 Å². The van der Waals surface area contributed by atoms with E-state index in [0.717, 1.165) is 0 Å². The molecule has 0 saturated heterocycles. The summed E-state index contributed by atoms with van der Waals surface area (Å²) in [7, 11) is 0. The van der Waals surface area contributed by atoms with Crippen molar-refractivity contribution >= 4 is 5.96 Å². The number of hydroxylamine groups is 2. The largest absolute Gasteiger partial charge is 0.368 e. The Morgan fingerprint density at radius 3 is 2.89 bits per heavy atom. The van der Waals surface area contributed by atoms with Crippen molar-refractivity contribution in [3.05, 3.63) is 12.3 Å². The van der Waals surface area contributed by atoms with Crippen molar-refractivity contribution in [1.29, 1.82) is 0 Å². The quantitative estimate of drug-likeness (QED) is 0.382. The molecule has 1 unspecified atom stereocenters. The molecule has 9 heavy (non-hydrogen) atoms. The highest BCUT2D eigenvalue weighted by Crippen LogP contribution is 1.96. The van der Waals surface area contributed by atoms with Gasteiger partial charge in [0.2, 0.25) is 5.96 Å². The van der Waals surface area contributed by atoms with Crippen molar-refractivity contribution < 1.29 is 5.21 Å². The van der Waals surface area contributed by atoms with E-state index in [0.29, 0.717) is 5.06 Å². The summed E-state index contributed by atoms with van der Waals surface area (Å²) in [5.74, 6) is 0.0185. The monoisotopic (exact) mass is 128 g/mol. The van der Waals surface area contributed by atoms with E-state index in [1.807, 2.05) is 0 Å². The molecule has 1 atom stereocenters. The number of guanidine groups is 1. The van der Waals surface area contributed by atoms with Crippen molar-refractivity contribution in [2.24, 2.45) is 16.5 Å². The van der Waals surface area contributed by atoms with Crippen LogP contribution in [0.2, 0.25) is 0 Å². The van der Waals surface area contributed by atoms with Crippen LogP contribution in [-0.4, -0.2) is 22.4 Å². The molecular weight excluding hydrogens is 120 g/mol. The fraction of sp³-hybridized carbons (Fsp3) is 0.250. The van der Waals surface area contributed by atoms with Gasteiger partial charge in [-0.25, -0.2) is 10.1 Å². The second kappa shape index (κ2) is 2.04. The molecule has 1 heterocycles. The van der Waals surface area contributed by atoms with Crippen LogP contribution < -0.4 is 11.5 Å². The zero-order valence-electron chi connectivity index (χ0n) is 4.73. The number of rotatable bonds is 0. The molecule has 0 amide bonds. The van der Waals surface area contributed by atoms with Crippen LogP contribution in [0.4, 0.5) is 0 Å². The van der Waals surface area contributed by atoms with E-state index in [1.54, 1.807) is 0 Å². The minimum absolute atomic E-state index is 0.0185. The van der Waals surface area contributed by atoms with Gasteiger partial charge in [0.25, 0.3) is 0 Å². The van der Waals surface area contributed by atoms with Gasteiger partial charge in [-0.05, 0) is 6.08 Å². The van der Waals surface area contributed by atoms with Gasteiger partial charge in [0.05, 0.1) is 0 Å². The molecule has 0 fully saturated rings.